The lowest BCUT2D eigenvalue weighted by atomic mass is 10.1. The van der Waals surface area contributed by atoms with Crippen LogP contribution in [0.4, 0.5) is 13.2 Å². The van der Waals surface area contributed by atoms with Gasteiger partial charge in [-0.2, -0.15) is 18.4 Å². The first-order chi connectivity index (χ1) is 8.50. The van der Waals surface area contributed by atoms with Crippen LogP contribution < -0.4 is 5.32 Å². The summed E-state index contributed by atoms with van der Waals surface area (Å²) in [4.78, 5) is 4.05. The third-order valence-corrected chi connectivity index (χ3v) is 3.67. The molecule has 0 aliphatic carbocycles. The molecular formula is C11H17F3N4. The van der Waals surface area contributed by atoms with Gasteiger partial charge in [0.25, 0.3) is 0 Å². The average molecular weight is 262 g/mol. The van der Waals surface area contributed by atoms with E-state index in [-0.39, 0.29) is 6.54 Å². The van der Waals surface area contributed by atoms with E-state index < -0.39 is 12.1 Å². The van der Waals surface area contributed by atoms with Gasteiger partial charge in [-0.1, -0.05) is 0 Å². The van der Waals surface area contributed by atoms with Gasteiger partial charge in [0.15, 0.2) is 5.92 Å². The molecule has 0 aromatic heterocycles. The third-order valence-electron chi connectivity index (χ3n) is 3.67. The van der Waals surface area contributed by atoms with Crippen molar-refractivity contribution in [3.8, 4) is 6.07 Å². The molecule has 0 bridgehead atoms. The van der Waals surface area contributed by atoms with E-state index in [1.165, 1.54) is 6.07 Å². The lowest BCUT2D eigenvalue weighted by molar-refractivity contribution is -0.164. The van der Waals surface area contributed by atoms with E-state index in [2.05, 4.69) is 10.2 Å². The summed E-state index contributed by atoms with van der Waals surface area (Å²) in [6.45, 7) is 4.57. The highest BCUT2D eigenvalue weighted by molar-refractivity contribution is 4.93. The fourth-order valence-electron chi connectivity index (χ4n) is 2.32. The fourth-order valence-corrected chi connectivity index (χ4v) is 2.32. The molecule has 0 spiro atoms. The minimum absolute atomic E-state index is 0.198. The Labute approximate surface area is 104 Å². The number of hydrogen-bond acceptors (Lipinski definition) is 4. The Bertz CT molecular complexity index is 313. The zero-order valence-corrected chi connectivity index (χ0v) is 10.1. The van der Waals surface area contributed by atoms with Crippen molar-refractivity contribution in [3.63, 3.8) is 0 Å². The lowest BCUT2D eigenvalue weighted by Gasteiger charge is -2.43. The van der Waals surface area contributed by atoms with Crippen LogP contribution in [0.5, 0.6) is 0 Å². The van der Waals surface area contributed by atoms with Crippen molar-refractivity contribution in [1.82, 2.24) is 15.1 Å². The highest BCUT2D eigenvalue weighted by atomic mass is 19.4. The SMILES string of the molecule is N#CC(CN1CCN(C2CNC2)CC1)C(F)(F)F. The highest BCUT2D eigenvalue weighted by Gasteiger charge is 2.41. The Balaban J connectivity index is 1.77. The first kappa shape index (κ1) is 13.6. The van der Waals surface area contributed by atoms with Crippen molar-refractivity contribution >= 4 is 0 Å². The molecule has 1 atom stereocenters. The molecule has 1 unspecified atom stereocenters. The monoisotopic (exact) mass is 262 g/mol. The van der Waals surface area contributed by atoms with Gasteiger partial charge in [-0.3, -0.25) is 9.80 Å². The van der Waals surface area contributed by atoms with Crippen LogP contribution in [-0.4, -0.2) is 67.8 Å². The van der Waals surface area contributed by atoms with Gasteiger partial charge in [0, 0.05) is 51.9 Å². The minimum atomic E-state index is -4.41. The molecule has 0 radical (unpaired) electrons. The van der Waals surface area contributed by atoms with Crippen LogP contribution in [-0.2, 0) is 0 Å². The van der Waals surface area contributed by atoms with E-state index in [9.17, 15) is 13.2 Å². The highest BCUT2D eigenvalue weighted by Crippen LogP contribution is 2.26. The Kier molecular flexibility index (Phi) is 4.10. The molecule has 2 heterocycles. The van der Waals surface area contributed by atoms with Crippen LogP contribution in [0.15, 0.2) is 0 Å². The Morgan fingerprint density at radius 1 is 1.22 bits per heavy atom. The number of hydrogen-bond donors (Lipinski definition) is 1. The first-order valence-electron chi connectivity index (χ1n) is 6.14. The number of nitrogens with one attached hydrogen (secondary N) is 1. The van der Waals surface area contributed by atoms with Gasteiger partial charge in [-0.15, -0.1) is 0 Å². The van der Waals surface area contributed by atoms with Crippen molar-refractivity contribution in [2.75, 3.05) is 45.8 Å². The van der Waals surface area contributed by atoms with E-state index in [4.69, 9.17) is 5.26 Å². The van der Waals surface area contributed by atoms with Gasteiger partial charge in [0.2, 0.25) is 0 Å². The number of halogens is 3. The maximum Gasteiger partial charge on any atom is 0.405 e. The number of rotatable bonds is 3. The van der Waals surface area contributed by atoms with Crippen LogP contribution in [0, 0.1) is 17.2 Å². The summed E-state index contributed by atoms with van der Waals surface area (Å²) >= 11 is 0. The average Bonchev–Trinajstić information content (AvgIpc) is 2.24. The summed E-state index contributed by atoms with van der Waals surface area (Å²) in [5.74, 6) is -1.87. The number of nitriles is 1. The first-order valence-corrected chi connectivity index (χ1v) is 6.14. The van der Waals surface area contributed by atoms with E-state index in [0.29, 0.717) is 19.1 Å². The second kappa shape index (κ2) is 5.43. The van der Waals surface area contributed by atoms with Crippen molar-refractivity contribution in [2.45, 2.75) is 12.2 Å². The molecule has 2 aliphatic heterocycles. The van der Waals surface area contributed by atoms with E-state index >= 15 is 0 Å². The molecular weight excluding hydrogens is 245 g/mol. The molecule has 2 fully saturated rings. The molecule has 2 rings (SSSR count). The van der Waals surface area contributed by atoms with Gasteiger partial charge < -0.3 is 5.32 Å². The second-order valence-electron chi connectivity index (χ2n) is 4.87. The van der Waals surface area contributed by atoms with Gasteiger partial charge in [0.1, 0.15) is 0 Å². The standard InChI is InChI=1S/C11H17F3N4/c12-11(13,14)9(5-15)8-17-1-3-18(4-2-17)10-6-16-7-10/h9-10,16H,1-4,6-8H2. The normalized spacial score (nSPS) is 25.4. The smallest absolute Gasteiger partial charge is 0.314 e. The van der Waals surface area contributed by atoms with Crippen LogP contribution >= 0.6 is 0 Å². The van der Waals surface area contributed by atoms with Crippen LogP contribution in [0.1, 0.15) is 0 Å². The molecule has 0 aromatic rings. The zero-order chi connectivity index (χ0) is 13.2. The molecule has 0 amide bonds. The molecule has 0 aromatic carbocycles. The van der Waals surface area contributed by atoms with Crippen molar-refractivity contribution in [2.24, 2.45) is 5.92 Å². The number of nitrogens with zero attached hydrogens (tertiary/aromatic N) is 3. The molecule has 2 aliphatic rings. The van der Waals surface area contributed by atoms with Crippen LogP contribution in [0.25, 0.3) is 0 Å². The summed E-state index contributed by atoms with van der Waals surface area (Å²) in [5.41, 5.74) is 0. The van der Waals surface area contributed by atoms with E-state index in [1.54, 1.807) is 4.90 Å². The maximum atomic E-state index is 12.5. The summed E-state index contributed by atoms with van der Waals surface area (Å²) < 4.78 is 37.4. The summed E-state index contributed by atoms with van der Waals surface area (Å²) in [6, 6.07) is 1.90. The Hall–Kier alpha value is -0.840. The third kappa shape index (κ3) is 3.13. The topological polar surface area (TPSA) is 42.3 Å². The molecule has 7 heteroatoms. The summed E-state index contributed by atoms with van der Waals surface area (Å²) in [6.07, 6.45) is -4.41. The quantitative estimate of drug-likeness (QED) is 0.793. The van der Waals surface area contributed by atoms with Crippen molar-refractivity contribution in [3.05, 3.63) is 0 Å². The van der Waals surface area contributed by atoms with Gasteiger partial charge >= 0.3 is 6.18 Å². The largest absolute Gasteiger partial charge is 0.405 e. The number of alkyl halides is 3. The minimum Gasteiger partial charge on any atom is -0.314 e. The molecule has 2 saturated heterocycles. The van der Waals surface area contributed by atoms with Crippen molar-refractivity contribution < 1.29 is 13.2 Å². The van der Waals surface area contributed by atoms with Gasteiger partial charge in [-0.05, 0) is 0 Å². The summed E-state index contributed by atoms with van der Waals surface area (Å²) in [7, 11) is 0. The predicted molar refractivity (Wildman–Crippen MR) is 59.8 cm³/mol. The second-order valence-corrected chi connectivity index (χ2v) is 4.87. The van der Waals surface area contributed by atoms with Crippen LogP contribution in [0.3, 0.4) is 0 Å². The zero-order valence-electron chi connectivity index (χ0n) is 10.1. The fraction of sp³-hybridized carbons (Fsp3) is 0.909. The van der Waals surface area contributed by atoms with E-state index in [1.807, 2.05) is 0 Å². The number of piperazine rings is 1. The van der Waals surface area contributed by atoms with Crippen molar-refractivity contribution in [1.29, 1.82) is 5.26 Å². The van der Waals surface area contributed by atoms with Gasteiger partial charge in [0.05, 0.1) is 6.07 Å². The molecule has 0 saturated carbocycles. The molecule has 1 N–H and O–H groups in total. The van der Waals surface area contributed by atoms with Gasteiger partial charge in [-0.25, -0.2) is 0 Å². The Morgan fingerprint density at radius 2 is 1.83 bits per heavy atom. The molecule has 4 nitrogen and oxygen atoms in total. The Morgan fingerprint density at radius 3 is 2.22 bits per heavy atom. The van der Waals surface area contributed by atoms with E-state index in [0.717, 1.165) is 26.2 Å². The summed E-state index contributed by atoms with van der Waals surface area (Å²) in [5, 5.41) is 11.7. The van der Waals surface area contributed by atoms with Crippen LogP contribution in [0.2, 0.25) is 0 Å². The predicted octanol–water partition coefficient (Wildman–Crippen LogP) is 0.278. The lowest BCUT2D eigenvalue weighted by Crippen LogP contribution is -2.61. The maximum absolute atomic E-state index is 12.5. The molecule has 102 valence electrons. The molecule has 18 heavy (non-hydrogen) atoms.